The van der Waals surface area contributed by atoms with Gasteiger partial charge in [0.25, 0.3) is 11.1 Å². The van der Waals surface area contributed by atoms with Crippen molar-refractivity contribution in [3.8, 4) is 29.0 Å². The summed E-state index contributed by atoms with van der Waals surface area (Å²) in [6.07, 6.45) is 18.5. The minimum Gasteiger partial charge on any atom is -0.493 e. The van der Waals surface area contributed by atoms with Crippen molar-refractivity contribution in [1.82, 2.24) is 19.9 Å². The zero-order valence-electron chi connectivity index (χ0n) is 51.2. The van der Waals surface area contributed by atoms with Crippen molar-refractivity contribution in [2.24, 2.45) is 17.8 Å². The van der Waals surface area contributed by atoms with Gasteiger partial charge in [-0.05, 0) is 175 Å². The topological polar surface area (TPSA) is 138 Å². The van der Waals surface area contributed by atoms with E-state index in [1.54, 1.807) is 51.1 Å². The molecule has 0 bridgehead atoms. The van der Waals surface area contributed by atoms with Crippen molar-refractivity contribution in [1.29, 1.82) is 0 Å². The Kier molecular flexibility index (Phi) is 53.5. The summed E-state index contributed by atoms with van der Waals surface area (Å²) in [5, 5.41) is 7.04. The number of hydrogen-bond acceptors (Lipinski definition) is 9. The summed E-state index contributed by atoms with van der Waals surface area (Å²) in [7, 11) is 3.19. The Morgan fingerprint density at radius 3 is 1.04 bits per heavy atom. The molecular formula is C65H91FN4O7Y4-4. The largest absolute Gasteiger partial charge is 0.493 e. The van der Waals surface area contributed by atoms with Gasteiger partial charge in [0, 0.05) is 177 Å². The van der Waals surface area contributed by atoms with Crippen LogP contribution in [0.5, 0.6) is 29.0 Å². The molecule has 0 unspecified atom stereocenters. The minimum absolute atomic E-state index is 0. The zero-order valence-corrected chi connectivity index (χ0v) is 62.6. The number of hydrogen-bond donors (Lipinski definition) is 2. The first-order valence-electron chi connectivity index (χ1n) is 26.5. The van der Waals surface area contributed by atoms with Gasteiger partial charge in [0.2, 0.25) is 11.8 Å². The van der Waals surface area contributed by atoms with Gasteiger partial charge < -0.3 is 63.4 Å². The fourth-order valence-electron chi connectivity index (χ4n) is 7.81. The SMILES string of the molecule is CC.CC.CC.CC.COc1nccc2cc(F)ccc12.COc1nccc2cc(OCC3CCC3)ccc12.O=c1[nH]ccc2cc(OCC3CCC3)ccc12.O=c1[nH]ccc2cc(OCC3CCC3)ccc12.[CH3-].[CH3-].[CH3-].[CH3-].[Y].[Y].[Y].[Y]. The van der Waals surface area contributed by atoms with Crippen LogP contribution in [0.15, 0.2) is 131 Å². The smallest absolute Gasteiger partial charge is 0.255 e. The Morgan fingerprint density at radius 1 is 0.432 bits per heavy atom. The molecule has 0 atom stereocenters. The molecule has 4 radical (unpaired) electrons. The number of nitrogens with zero attached hydrogens (tertiary/aromatic N) is 2. The summed E-state index contributed by atoms with van der Waals surface area (Å²) < 4.78 is 40.4. The molecule has 4 heterocycles. The monoisotopic (exact) mass is 1410 g/mol. The van der Waals surface area contributed by atoms with Gasteiger partial charge in [0.05, 0.1) is 34.0 Å². The Bertz CT molecular complexity index is 2880. The van der Waals surface area contributed by atoms with E-state index < -0.39 is 0 Å². The maximum atomic E-state index is 12.8. The molecule has 11 rings (SSSR count). The van der Waals surface area contributed by atoms with E-state index >= 15 is 0 Å². The summed E-state index contributed by atoms with van der Waals surface area (Å²) >= 11 is 0. The Hall–Kier alpha value is -2.53. The molecule has 3 aliphatic rings. The van der Waals surface area contributed by atoms with E-state index in [1.165, 1.54) is 69.9 Å². The number of aromatic amines is 2. The summed E-state index contributed by atoms with van der Waals surface area (Å²) in [5.74, 6) is 5.80. The van der Waals surface area contributed by atoms with E-state index in [-0.39, 0.29) is 177 Å². The molecule has 436 valence electrons. The number of fused-ring (bicyclic) bond motifs is 4. The molecule has 8 aromatic rings. The number of rotatable bonds is 11. The third-order valence-corrected chi connectivity index (χ3v) is 12.4. The molecule has 0 saturated heterocycles. The molecular weight excluding hydrogens is 1320 g/mol. The number of ether oxygens (including phenoxy) is 5. The maximum absolute atomic E-state index is 12.8. The average Bonchev–Trinajstić information content (AvgIpc) is 3.40. The van der Waals surface area contributed by atoms with Gasteiger partial charge in [-0.15, -0.1) is 0 Å². The van der Waals surface area contributed by atoms with E-state index in [2.05, 4.69) is 26.0 Å². The molecule has 2 N–H and O–H groups in total. The van der Waals surface area contributed by atoms with Crippen LogP contribution in [0.1, 0.15) is 113 Å². The molecule has 3 fully saturated rings. The van der Waals surface area contributed by atoms with Crippen LogP contribution in [0, 0.1) is 53.3 Å². The normalized spacial score (nSPS) is 12.0. The molecule has 11 nitrogen and oxygen atoms in total. The Labute approximate surface area is 586 Å². The van der Waals surface area contributed by atoms with E-state index in [9.17, 15) is 14.0 Å². The predicted molar refractivity (Wildman–Crippen MR) is 325 cm³/mol. The van der Waals surface area contributed by atoms with Crippen molar-refractivity contribution in [3.63, 3.8) is 0 Å². The van der Waals surface area contributed by atoms with Crippen LogP contribution >= 0.6 is 0 Å². The van der Waals surface area contributed by atoms with Crippen molar-refractivity contribution >= 4 is 43.1 Å². The standard InChI is InChI=1S/C15H17NO2.2C14H15NO2.C10H8FNO.4C2H6.4CH3.4Y/c1-17-15-14-6-5-13(9-12(14)7-8-16-15)18-10-11-3-2-4-11;2*16-14-13-5-4-12(8-11(13)6-7-15-14)17-9-10-2-1-3-10;1-13-10-9-3-2-8(11)6-7(9)4-5-12-10;4*1-2;;;;;;;;/h5-9,11H,2-4,10H2,1H3;2*4-8,10H,1-3,9H2,(H,15,16);2-6H,1H3;4*1-2H3;4*1H3;;;;/q;;;;;;;;4*-1;;;;. The first-order chi connectivity index (χ1) is 35.8. The van der Waals surface area contributed by atoms with Crippen LogP contribution in [0.3, 0.4) is 0 Å². The number of aromatic nitrogens is 4. The molecule has 16 heteroatoms. The van der Waals surface area contributed by atoms with Crippen LogP contribution in [0.4, 0.5) is 4.39 Å². The van der Waals surface area contributed by atoms with Gasteiger partial charge in [-0.3, -0.25) is 9.59 Å². The zero-order chi connectivity index (χ0) is 53.0. The third kappa shape index (κ3) is 27.6. The molecule has 0 amide bonds. The van der Waals surface area contributed by atoms with E-state index in [0.717, 1.165) is 87.1 Å². The summed E-state index contributed by atoms with van der Waals surface area (Å²) in [5.41, 5.74) is -0.0962. The number of H-pyrrole nitrogens is 2. The number of benzene rings is 4. The van der Waals surface area contributed by atoms with Crippen LogP contribution in [-0.4, -0.2) is 54.0 Å². The van der Waals surface area contributed by atoms with Crippen molar-refractivity contribution < 1.29 is 159 Å². The van der Waals surface area contributed by atoms with Crippen molar-refractivity contribution in [2.45, 2.75) is 113 Å². The number of pyridine rings is 4. The second kappa shape index (κ2) is 49.7. The fraction of sp³-hybridized carbons (Fsp3) is 0.385. The summed E-state index contributed by atoms with van der Waals surface area (Å²) in [4.78, 5) is 36.6. The van der Waals surface area contributed by atoms with Crippen LogP contribution in [0.25, 0.3) is 43.1 Å². The Balaban J connectivity index is -0.000000296. The van der Waals surface area contributed by atoms with Gasteiger partial charge in [-0.2, -0.15) is 0 Å². The second-order valence-electron chi connectivity index (χ2n) is 16.8. The molecule has 81 heavy (non-hydrogen) atoms. The Morgan fingerprint density at radius 2 is 0.728 bits per heavy atom. The molecule has 0 spiro atoms. The first-order valence-corrected chi connectivity index (χ1v) is 26.5. The van der Waals surface area contributed by atoms with Gasteiger partial charge in [0.1, 0.15) is 23.1 Å². The third-order valence-electron chi connectivity index (χ3n) is 12.4. The molecule has 0 aliphatic heterocycles. The van der Waals surface area contributed by atoms with Crippen LogP contribution in [-0.2, 0) is 131 Å². The molecule has 3 saturated carbocycles. The average molecular weight is 1420 g/mol. The number of methoxy groups -OCH3 is 2. The maximum Gasteiger partial charge on any atom is 0.255 e. The predicted octanol–water partition coefficient (Wildman–Crippen LogP) is 17.1. The molecule has 4 aromatic heterocycles. The first kappa shape index (κ1) is 87.2. The second-order valence-corrected chi connectivity index (χ2v) is 16.8. The summed E-state index contributed by atoms with van der Waals surface area (Å²) in [6, 6.07) is 29.4. The molecule has 4 aromatic carbocycles. The number of nitrogens with one attached hydrogen (secondary N) is 2. The fourth-order valence-corrected chi connectivity index (χ4v) is 7.81. The van der Waals surface area contributed by atoms with Crippen molar-refractivity contribution in [3.05, 3.63) is 178 Å². The molecule has 3 aliphatic carbocycles. The van der Waals surface area contributed by atoms with Gasteiger partial charge in [-0.25, -0.2) is 14.4 Å². The van der Waals surface area contributed by atoms with Gasteiger partial charge >= 0.3 is 0 Å². The van der Waals surface area contributed by atoms with Gasteiger partial charge in [0.15, 0.2) is 0 Å². The van der Waals surface area contributed by atoms with Crippen molar-refractivity contribution in [2.75, 3.05) is 34.0 Å². The van der Waals surface area contributed by atoms with Crippen LogP contribution in [0.2, 0.25) is 0 Å². The van der Waals surface area contributed by atoms with Crippen LogP contribution < -0.4 is 34.8 Å². The van der Waals surface area contributed by atoms with E-state index in [1.807, 2.05) is 122 Å². The quantitative estimate of drug-likeness (QED) is 0.121. The summed E-state index contributed by atoms with van der Waals surface area (Å²) in [6.45, 7) is 18.4. The number of halogens is 1. The van der Waals surface area contributed by atoms with Gasteiger partial charge in [-0.1, -0.05) is 74.7 Å². The minimum atomic E-state index is -0.249. The van der Waals surface area contributed by atoms with E-state index in [0.29, 0.717) is 22.5 Å². The van der Waals surface area contributed by atoms with E-state index in [4.69, 9.17) is 23.7 Å².